The van der Waals surface area contributed by atoms with E-state index in [4.69, 9.17) is 4.74 Å². The van der Waals surface area contributed by atoms with Gasteiger partial charge in [-0.05, 0) is 64.5 Å². The Morgan fingerprint density at radius 2 is 1.80 bits per heavy atom. The lowest BCUT2D eigenvalue weighted by Gasteiger charge is -2.30. The summed E-state index contributed by atoms with van der Waals surface area (Å²) in [6, 6.07) is -0.953. The van der Waals surface area contributed by atoms with Crippen molar-refractivity contribution in [3.05, 3.63) is 33.2 Å². The number of alkyl carbamates (subject to hydrolysis) is 1. The number of hydrogen-bond acceptors (Lipinski definition) is 6. The molecule has 2 aromatic rings. The quantitative estimate of drug-likeness (QED) is 0.435. The predicted molar refractivity (Wildman–Crippen MR) is 138 cm³/mol. The van der Waals surface area contributed by atoms with E-state index in [2.05, 4.69) is 68.8 Å². The number of nitrogens with one attached hydrogen (secondary N) is 3. The number of amides is 2. The van der Waals surface area contributed by atoms with E-state index in [0.29, 0.717) is 12.0 Å². The third-order valence-electron chi connectivity index (χ3n) is 6.81. The van der Waals surface area contributed by atoms with Gasteiger partial charge in [-0.2, -0.15) is 0 Å². The van der Waals surface area contributed by atoms with Crippen molar-refractivity contribution in [1.29, 1.82) is 0 Å². The van der Waals surface area contributed by atoms with Crippen molar-refractivity contribution in [1.82, 2.24) is 30.2 Å². The van der Waals surface area contributed by atoms with Crippen LogP contribution in [0.2, 0.25) is 0 Å². The third-order valence-corrected chi connectivity index (χ3v) is 7.61. The Kier molecular flexibility index (Phi) is 9.77. The normalized spacial score (nSPS) is 20.6. The monoisotopic (exact) mass is 616 g/mol. The molecule has 0 bridgehead atoms. The van der Waals surface area contributed by atoms with E-state index in [1.807, 2.05) is 6.20 Å². The molecule has 1 aliphatic carbocycles. The van der Waals surface area contributed by atoms with Gasteiger partial charge in [0.1, 0.15) is 26.9 Å². The van der Waals surface area contributed by atoms with Crippen molar-refractivity contribution in [3.63, 3.8) is 0 Å². The lowest BCUT2D eigenvalue weighted by atomic mass is 9.88. The molecule has 3 heterocycles. The first-order valence-electron chi connectivity index (χ1n) is 11.8. The second kappa shape index (κ2) is 12.4. The summed E-state index contributed by atoms with van der Waals surface area (Å²) in [5, 5.41) is 2.55. The number of nitrogens with zero attached hydrogens (tertiary/aromatic N) is 3. The molecule has 0 aromatic carbocycles. The number of halogens is 2. The van der Waals surface area contributed by atoms with Gasteiger partial charge < -0.3 is 29.7 Å². The van der Waals surface area contributed by atoms with Crippen LogP contribution in [-0.4, -0.2) is 69.7 Å². The van der Waals surface area contributed by atoms with E-state index in [9.17, 15) is 9.59 Å². The van der Waals surface area contributed by atoms with E-state index < -0.39 is 18.2 Å². The van der Waals surface area contributed by atoms with E-state index in [0.717, 1.165) is 33.7 Å². The summed E-state index contributed by atoms with van der Waals surface area (Å²) in [7, 11) is 2.75. The Morgan fingerprint density at radius 1 is 1.14 bits per heavy atom. The van der Waals surface area contributed by atoms with Crippen LogP contribution in [0.5, 0.6) is 0 Å². The fraction of sp³-hybridized carbons (Fsp3) is 0.652. The minimum absolute atomic E-state index is 0.139. The van der Waals surface area contributed by atoms with Crippen molar-refractivity contribution in [2.45, 2.75) is 76.0 Å². The van der Waals surface area contributed by atoms with Crippen molar-refractivity contribution >= 4 is 43.9 Å². The summed E-state index contributed by atoms with van der Waals surface area (Å²) in [6.45, 7) is 4.63. The van der Waals surface area contributed by atoms with Crippen LogP contribution >= 0.6 is 31.9 Å². The molecular formula is C23H34Br2N6O4. The molecule has 1 saturated heterocycles. The second-order valence-electron chi connectivity index (χ2n) is 9.21. The van der Waals surface area contributed by atoms with Crippen LogP contribution in [0, 0.1) is 0 Å². The van der Waals surface area contributed by atoms with Gasteiger partial charge in [0, 0.05) is 19.1 Å². The molecule has 2 aromatic heterocycles. The van der Waals surface area contributed by atoms with Gasteiger partial charge in [0.25, 0.3) is 0 Å². The fourth-order valence-corrected chi connectivity index (χ4v) is 5.27. The number of ether oxygens (including phenoxy) is 2. The van der Waals surface area contributed by atoms with Crippen LogP contribution in [0.15, 0.2) is 21.6 Å². The van der Waals surface area contributed by atoms with Gasteiger partial charge in [-0.1, -0.05) is 19.8 Å². The van der Waals surface area contributed by atoms with Crippen molar-refractivity contribution in [2.75, 3.05) is 20.8 Å². The minimum atomic E-state index is -0.813. The molecular weight excluding hydrogens is 584 g/mol. The molecule has 2 fully saturated rings. The van der Waals surface area contributed by atoms with Crippen LogP contribution in [0.25, 0.3) is 0 Å². The van der Waals surface area contributed by atoms with Gasteiger partial charge in [-0.15, -0.1) is 0 Å². The van der Waals surface area contributed by atoms with Gasteiger partial charge in [0.05, 0.1) is 31.6 Å². The molecule has 2 amide bonds. The van der Waals surface area contributed by atoms with Gasteiger partial charge in [0.2, 0.25) is 5.91 Å². The number of methoxy groups -OCH3 is 2. The number of carbonyl (C=O) groups is 2. The van der Waals surface area contributed by atoms with Crippen LogP contribution in [0.3, 0.4) is 0 Å². The Balaban J connectivity index is 0.000000237. The van der Waals surface area contributed by atoms with Crippen molar-refractivity contribution in [2.24, 2.45) is 0 Å². The maximum atomic E-state index is 12.9. The maximum Gasteiger partial charge on any atom is 0.407 e. The molecule has 4 rings (SSSR count). The van der Waals surface area contributed by atoms with Crippen LogP contribution in [0.4, 0.5) is 4.79 Å². The first kappa shape index (κ1) is 27.7. The average Bonchev–Trinajstić information content (AvgIpc) is 3.64. The number of H-pyrrole nitrogens is 2. The van der Waals surface area contributed by atoms with Gasteiger partial charge in [-0.25, -0.2) is 14.8 Å². The molecule has 10 nitrogen and oxygen atoms in total. The second-order valence-corrected chi connectivity index (χ2v) is 10.9. The molecule has 12 heteroatoms. The SMILES string of the molecule is CC1(c2ncc(Br)[nH]2)CCCC1.COC(=O)N[C@H](C(=O)N1CCC[C@H]1c1ncc(Br)[nH]1)[C@@H](C)OC. The zero-order valence-electron chi connectivity index (χ0n) is 20.6. The number of imidazole rings is 2. The number of likely N-dealkylation sites (tertiary alicyclic amines) is 1. The Bertz CT molecular complexity index is 990. The molecule has 1 aliphatic heterocycles. The number of aromatic amines is 2. The third kappa shape index (κ3) is 6.85. The van der Waals surface area contributed by atoms with Crippen molar-refractivity contribution < 1.29 is 19.1 Å². The summed E-state index contributed by atoms with van der Waals surface area (Å²) in [5.41, 5.74) is 0.312. The average molecular weight is 618 g/mol. The summed E-state index contributed by atoms with van der Waals surface area (Å²) in [4.78, 5) is 41.2. The lowest BCUT2D eigenvalue weighted by molar-refractivity contribution is -0.137. The lowest BCUT2D eigenvalue weighted by Crippen LogP contribution is -2.54. The highest BCUT2D eigenvalue weighted by Crippen LogP contribution is 2.39. The fourth-order valence-electron chi connectivity index (χ4n) is 4.68. The molecule has 0 unspecified atom stereocenters. The van der Waals surface area contributed by atoms with E-state index in [1.165, 1.54) is 39.9 Å². The predicted octanol–water partition coefficient (Wildman–Crippen LogP) is 4.60. The number of aromatic nitrogens is 4. The summed E-state index contributed by atoms with van der Waals surface area (Å²) >= 11 is 6.71. The summed E-state index contributed by atoms with van der Waals surface area (Å²) in [6.07, 6.45) is 9.29. The molecule has 0 spiro atoms. The van der Waals surface area contributed by atoms with Gasteiger partial charge in [-0.3, -0.25) is 4.79 Å². The van der Waals surface area contributed by atoms with Crippen LogP contribution in [-0.2, 0) is 19.7 Å². The molecule has 3 N–H and O–H groups in total. The minimum Gasteiger partial charge on any atom is -0.453 e. The van der Waals surface area contributed by atoms with Gasteiger partial charge in [0.15, 0.2) is 0 Å². The summed E-state index contributed by atoms with van der Waals surface area (Å²) < 4.78 is 11.6. The molecule has 0 radical (unpaired) electrons. The number of hydrogen-bond donors (Lipinski definition) is 3. The van der Waals surface area contributed by atoms with E-state index in [1.54, 1.807) is 18.0 Å². The standard InChI is InChI=1S/C14H21BrN4O4.C9H13BrN2/c1-8(22-2)11(18-14(21)23-3)13(20)19-6-4-5-9(19)12-16-7-10(15)17-12;1-9(4-2-3-5-9)8-11-6-7(10)12-8/h7-9,11H,4-6H2,1-3H3,(H,16,17)(H,18,21);6H,2-5H2,1H3,(H,11,12)/t8-,9+,11+;/m1./s1. The molecule has 1 saturated carbocycles. The van der Waals surface area contributed by atoms with Crippen LogP contribution in [0.1, 0.15) is 70.1 Å². The summed E-state index contributed by atoms with van der Waals surface area (Å²) in [5.74, 6) is 1.66. The highest BCUT2D eigenvalue weighted by atomic mass is 79.9. The zero-order valence-corrected chi connectivity index (χ0v) is 23.7. The highest BCUT2D eigenvalue weighted by Gasteiger charge is 2.38. The van der Waals surface area contributed by atoms with Crippen LogP contribution < -0.4 is 5.32 Å². The largest absolute Gasteiger partial charge is 0.453 e. The van der Waals surface area contributed by atoms with E-state index in [-0.39, 0.29) is 11.9 Å². The molecule has 35 heavy (non-hydrogen) atoms. The van der Waals surface area contributed by atoms with E-state index >= 15 is 0 Å². The first-order chi connectivity index (χ1) is 16.7. The smallest absolute Gasteiger partial charge is 0.407 e. The molecule has 2 aliphatic rings. The molecule has 194 valence electrons. The molecule has 3 atom stereocenters. The number of carbonyl (C=O) groups excluding carboxylic acids is 2. The Hall–Kier alpha value is -1.92. The maximum absolute atomic E-state index is 12.9. The topological polar surface area (TPSA) is 125 Å². The number of rotatable bonds is 6. The first-order valence-corrected chi connectivity index (χ1v) is 13.4. The van der Waals surface area contributed by atoms with Gasteiger partial charge >= 0.3 is 6.09 Å². The Labute approximate surface area is 222 Å². The Morgan fingerprint density at radius 3 is 2.34 bits per heavy atom. The highest BCUT2D eigenvalue weighted by molar-refractivity contribution is 9.10. The zero-order chi connectivity index (χ0) is 25.6. The van der Waals surface area contributed by atoms with Crippen molar-refractivity contribution in [3.8, 4) is 0 Å².